The number of hydrogen-bond donors (Lipinski definition) is 1. The van der Waals surface area contributed by atoms with Crippen LogP contribution in [-0.4, -0.2) is 19.0 Å². The van der Waals surface area contributed by atoms with Crippen molar-refractivity contribution in [3.05, 3.63) is 64.7 Å². The minimum Gasteiger partial charge on any atom is -0.371 e. The Labute approximate surface area is 161 Å². The summed E-state index contributed by atoms with van der Waals surface area (Å²) in [5.41, 5.74) is 3.37. The zero-order valence-corrected chi connectivity index (χ0v) is 16.3. The molecule has 2 atom stereocenters. The normalized spacial score (nSPS) is 18.4. The van der Waals surface area contributed by atoms with Gasteiger partial charge in [0.1, 0.15) is 0 Å². The molecule has 1 heterocycles. The average Bonchev–Trinajstić information content (AvgIpc) is 2.64. The molecule has 1 N–H and O–H groups in total. The van der Waals surface area contributed by atoms with Crippen LogP contribution in [0, 0.1) is 5.92 Å². The molecule has 4 heteroatoms. The van der Waals surface area contributed by atoms with Gasteiger partial charge >= 0.3 is 0 Å². The molecule has 138 valence electrons. The van der Waals surface area contributed by atoms with Crippen LogP contribution in [-0.2, 0) is 11.2 Å². The monoisotopic (exact) mass is 370 g/mol. The third-order valence-electron chi connectivity index (χ3n) is 5.07. The van der Waals surface area contributed by atoms with Crippen molar-refractivity contribution in [3.63, 3.8) is 0 Å². The van der Waals surface area contributed by atoms with Gasteiger partial charge in [0.05, 0.1) is 12.5 Å². The summed E-state index contributed by atoms with van der Waals surface area (Å²) in [6.07, 6.45) is 2.95. The predicted octanol–water partition coefficient (Wildman–Crippen LogP) is 5.00. The molecule has 26 heavy (non-hydrogen) atoms. The van der Waals surface area contributed by atoms with Crippen molar-refractivity contribution >= 4 is 23.2 Å². The van der Waals surface area contributed by atoms with Gasteiger partial charge in [-0.05, 0) is 61.1 Å². The summed E-state index contributed by atoms with van der Waals surface area (Å²) in [5, 5.41) is 3.77. The molecule has 0 bridgehead atoms. The number of piperidine rings is 1. The Morgan fingerprint density at radius 2 is 1.88 bits per heavy atom. The van der Waals surface area contributed by atoms with E-state index in [0.717, 1.165) is 30.1 Å². The Kier molecular flexibility index (Phi) is 6.20. The number of amides is 1. The molecule has 2 aromatic rings. The Morgan fingerprint density at radius 1 is 1.19 bits per heavy atom. The van der Waals surface area contributed by atoms with Crippen molar-refractivity contribution in [3.8, 4) is 0 Å². The number of hydrogen-bond acceptors (Lipinski definition) is 2. The molecule has 3 nitrogen and oxygen atoms in total. The Morgan fingerprint density at radius 3 is 2.54 bits per heavy atom. The summed E-state index contributed by atoms with van der Waals surface area (Å²) >= 11 is 5.89. The van der Waals surface area contributed by atoms with Gasteiger partial charge in [-0.1, -0.05) is 42.8 Å². The van der Waals surface area contributed by atoms with Gasteiger partial charge in [0, 0.05) is 23.8 Å². The van der Waals surface area contributed by atoms with Gasteiger partial charge in [-0.25, -0.2) is 0 Å². The Bertz CT molecular complexity index is 727. The third kappa shape index (κ3) is 5.01. The molecule has 0 radical (unpaired) electrons. The molecule has 0 aliphatic carbocycles. The third-order valence-corrected chi connectivity index (χ3v) is 5.32. The quantitative estimate of drug-likeness (QED) is 0.803. The highest BCUT2D eigenvalue weighted by atomic mass is 35.5. The van der Waals surface area contributed by atoms with E-state index < -0.39 is 0 Å². The van der Waals surface area contributed by atoms with Crippen LogP contribution in [0.1, 0.15) is 43.9 Å². The molecule has 1 amide bonds. The minimum atomic E-state index is -0.0101. The lowest BCUT2D eigenvalue weighted by molar-refractivity contribution is -0.121. The van der Waals surface area contributed by atoms with Crippen molar-refractivity contribution < 1.29 is 4.79 Å². The van der Waals surface area contributed by atoms with Gasteiger partial charge in [0.25, 0.3) is 0 Å². The van der Waals surface area contributed by atoms with Crippen molar-refractivity contribution in [1.29, 1.82) is 0 Å². The zero-order valence-electron chi connectivity index (χ0n) is 15.5. The van der Waals surface area contributed by atoms with Crippen molar-refractivity contribution in [2.75, 3.05) is 18.0 Å². The van der Waals surface area contributed by atoms with E-state index in [9.17, 15) is 4.79 Å². The Balaban J connectivity index is 1.56. The van der Waals surface area contributed by atoms with E-state index in [0.29, 0.717) is 11.4 Å². The molecule has 0 spiro atoms. The molecular weight excluding hydrogens is 344 g/mol. The van der Waals surface area contributed by atoms with Crippen LogP contribution in [0.3, 0.4) is 0 Å². The number of benzene rings is 2. The maximum atomic E-state index is 12.3. The summed E-state index contributed by atoms with van der Waals surface area (Å²) in [4.78, 5) is 14.7. The van der Waals surface area contributed by atoms with Gasteiger partial charge in [-0.3, -0.25) is 4.79 Å². The van der Waals surface area contributed by atoms with Crippen LogP contribution in [0.2, 0.25) is 5.02 Å². The molecule has 0 saturated carbocycles. The van der Waals surface area contributed by atoms with Crippen molar-refractivity contribution in [2.45, 2.75) is 39.2 Å². The van der Waals surface area contributed by atoms with Crippen LogP contribution in [0.5, 0.6) is 0 Å². The molecule has 2 aromatic carbocycles. The first-order chi connectivity index (χ1) is 12.5. The number of rotatable bonds is 5. The lowest BCUT2D eigenvalue weighted by Crippen LogP contribution is -2.34. The van der Waals surface area contributed by atoms with Gasteiger partial charge in [0.15, 0.2) is 0 Å². The maximum absolute atomic E-state index is 12.3. The summed E-state index contributed by atoms with van der Waals surface area (Å²) in [6.45, 7) is 6.61. The summed E-state index contributed by atoms with van der Waals surface area (Å²) in [7, 11) is 0. The molecule has 0 aromatic heterocycles. The second-order valence-corrected chi connectivity index (χ2v) is 7.81. The Hall–Kier alpha value is -2.00. The second kappa shape index (κ2) is 8.59. The molecule has 1 saturated heterocycles. The fraction of sp³-hybridized carbons (Fsp3) is 0.409. The molecule has 1 fully saturated rings. The van der Waals surface area contributed by atoms with Crippen LogP contribution < -0.4 is 10.2 Å². The number of halogens is 1. The highest BCUT2D eigenvalue weighted by Gasteiger charge is 2.17. The SMILES string of the molecule is C[C@H]1CCCN(c2ccc([C@@H](C)NC(=O)Cc3ccc(Cl)cc3)cc2)C1. The van der Waals surface area contributed by atoms with E-state index in [1.54, 1.807) is 0 Å². The molecule has 1 aliphatic rings. The van der Waals surface area contributed by atoms with Gasteiger partial charge in [-0.15, -0.1) is 0 Å². The van der Waals surface area contributed by atoms with Crippen LogP contribution in [0.15, 0.2) is 48.5 Å². The first kappa shape index (κ1) is 18.8. The van der Waals surface area contributed by atoms with Crippen LogP contribution in [0.4, 0.5) is 5.69 Å². The lowest BCUT2D eigenvalue weighted by atomic mass is 9.99. The molecule has 0 unspecified atom stereocenters. The van der Waals surface area contributed by atoms with E-state index >= 15 is 0 Å². The summed E-state index contributed by atoms with van der Waals surface area (Å²) < 4.78 is 0. The largest absolute Gasteiger partial charge is 0.371 e. The highest BCUT2D eigenvalue weighted by molar-refractivity contribution is 6.30. The maximum Gasteiger partial charge on any atom is 0.224 e. The highest BCUT2D eigenvalue weighted by Crippen LogP contribution is 2.24. The van der Waals surface area contributed by atoms with Crippen LogP contribution >= 0.6 is 11.6 Å². The fourth-order valence-electron chi connectivity index (χ4n) is 3.56. The molecule has 3 rings (SSSR count). The van der Waals surface area contributed by atoms with Crippen molar-refractivity contribution in [2.24, 2.45) is 5.92 Å². The lowest BCUT2D eigenvalue weighted by Gasteiger charge is -2.33. The number of carbonyl (C=O) groups is 1. The minimum absolute atomic E-state index is 0.0101. The van der Waals surface area contributed by atoms with E-state index in [-0.39, 0.29) is 11.9 Å². The first-order valence-corrected chi connectivity index (χ1v) is 9.78. The van der Waals surface area contributed by atoms with Gasteiger partial charge in [-0.2, -0.15) is 0 Å². The molecular formula is C22H27ClN2O. The average molecular weight is 371 g/mol. The fourth-order valence-corrected chi connectivity index (χ4v) is 3.69. The standard InChI is InChI=1S/C22H27ClN2O/c1-16-4-3-13-25(15-16)21-11-7-19(8-12-21)17(2)24-22(26)14-18-5-9-20(23)10-6-18/h5-12,16-17H,3-4,13-15H2,1-2H3,(H,24,26)/t16-,17+/m0/s1. The van der Waals surface area contributed by atoms with E-state index in [1.165, 1.54) is 18.5 Å². The summed E-state index contributed by atoms with van der Waals surface area (Å²) in [5.74, 6) is 0.781. The zero-order chi connectivity index (χ0) is 18.5. The van der Waals surface area contributed by atoms with Crippen LogP contribution in [0.25, 0.3) is 0 Å². The smallest absolute Gasteiger partial charge is 0.224 e. The summed E-state index contributed by atoms with van der Waals surface area (Å²) in [6, 6.07) is 16.0. The van der Waals surface area contributed by atoms with E-state index in [2.05, 4.69) is 41.4 Å². The number of nitrogens with one attached hydrogen (secondary N) is 1. The first-order valence-electron chi connectivity index (χ1n) is 9.40. The number of carbonyl (C=O) groups excluding carboxylic acids is 1. The van der Waals surface area contributed by atoms with Gasteiger partial charge < -0.3 is 10.2 Å². The second-order valence-electron chi connectivity index (χ2n) is 7.38. The predicted molar refractivity (Wildman–Crippen MR) is 109 cm³/mol. The van der Waals surface area contributed by atoms with E-state index in [4.69, 9.17) is 11.6 Å². The van der Waals surface area contributed by atoms with Gasteiger partial charge in [0.2, 0.25) is 5.91 Å². The number of anilines is 1. The van der Waals surface area contributed by atoms with Crippen molar-refractivity contribution in [1.82, 2.24) is 5.32 Å². The topological polar surface area (TPSA) is 32.3 Å². The number of nitrogens with zero attached hydrogens (tertiary/aromatic N) is 1. The molecule has 1 aliphatic heterocycles. The van der Waals surface area contributed by atoms with E-state index in [1.807, 2.05) is 31.2 Å².